The summed E-state index contributed by atoms with van der Waals surface area (Å²) in [6.45, 7) is 7.78. The molecule has 0 fully saturated rings. The van der Waals surface area contributed by atoms with Crippen LogP contribution in [0.2, 0.25) is 0 Å². The Labute approximate surface area is 93.1 Å². The third-order valence-corrected chi connectivity index (χ3v) is 2.76. The maximum atomic E-state index is 4.03. The molecular weight excluding hydrogens is 184 g/mol. The second-order valence-electron chi connectivity index (χ2n) is 4.30. The fraction of sp³-hybridized carbons (Fsp3) is 0.615. The van der Waals surface area contributed by atoms with E-state index in [-0.39, 0.29) is 0 Å². The Hall–Kier alpha value is -0.890. The quantitative estimate of drug-likeness (QED) is 0.774. The fourth-order valence-electron chi connectivity index (χ4n) is 1.80. The van der Waals surface area contributed by atoms with Crippen LogP contribution in [0.5, 0.6) is 0 Å². The SMILES string of the molecule is CCNC(CCc1ccncc1)C(C)C. The van der Waals surface area contributed by atoms with Crippen LogP contribution in [0.25, 0.3) is 0 Å². The Kier molecular flexibility index (Phi) is 5.33. The van der Waals surface area contributed by atoms with Crippen molar-refractivity contribution in [2.24, 2.45) is 5.92 Å². The van der Waals surface area contributed by atoms with Crippen molar-refractivity contribution in [3.05, 3.63) is 30.1 Å². The van der Waals surface area contributed by atoms with Crippen LogP contribution in [-0.4, -0.2) is 17.6 Å². The Morgan fingerprint density at radius 1 is 1.27 bits per heavy atom. The Morgan fingerprint density at radius 2 is 1.93 bits per heavy atom. The summed E-state index contributed by atoms with van der Waals surface area (Å²) < 4.78 is 0. The lowest BCUT2D eigenvalue weighted by molar-refractivity contribution is 0.385. The predicted octanol–water partition coefficient (Wildman–Crippen LogP) is 2.65. The lowest BCUT2D eigenvalue weighted by Crippen LogP contribution is -2.34. The molecule has 2 heteroatoms. The minimum atomic E-state index is 0.628. The minimum Gasteiger partial charge on any atom is -0.314 e. The smallest absolute Gasteiger partial charge is 0.0270 e. The molecule has 0 saturated carbocycles. The molecule has 1 unspecified atom stereocenters. The van der Waals surface area contributed by atoms with Crippen molar-refractivity contribution in [1.82, 2.24) is 10.3 Å². The van der Waals surface area contributed by atoms with E-state index in [0.717, 1.165) is 13.0 Å². The van der Waals surface area contributed by atoms with E-state index in [1.165, 1.54) is 12.0 Å². The number of nitrogens with one attached hydrogen (secondary N) is 1. The maximum Gasteiger partial charge on any atom is 0.0270 e. The first-order chi connectivity index (χ1) is 7.24. The molecule has 0 aliphatic heterocycles. The maximum absolute atomic E-state index is 4.03. The molecule has 0 aliphatic carbocycles. The second-order valence-corrected chi connectivity index (χ2v) is 4.30. The second kappa shape index (κ2) is 6.57. The summed E-state index contributed by atoms with van der Waals surface area (Å²) in [4.78, 5) is 4.03. The average molecular weight is 206 g/mol. The summed E-state index contributed by atoms with van der Waals surface area (Å²) in [5.74, 6) is 0.701. The lowest BCUT2D eigenvalue weighted by Gasteiger charge is -2.21. The van der Waals surface area contributed by atoms with Crippen molar-refractivity contribution in [1.29, 1.82) is 0 Å². The molecule has 1 atom stereocenters. The highest BCUT2D eigenvalue weighted by atomic mass is 14.9. The van der Waals surface area contributed by atoms with Gasteiger partial charge in [0.1, 0.15) is 0 Å². The molecule has 0 aromatic carbocycles. The molecular formula is C13H22N2. The zero-order chi connectivity index (χ0) is 11.1. The summed E-state index contributed by atoms with van der Waals surface area (Å²) in [5.41, 5.74) is 1.38. The first-order valence-corrected chi connectivity index (χ1v) is 5.86. The number of aryl methyl sites for hydroxylation is 1. The average Bonchev–Trinajstić information content (AvgIpc) is 2.25. The summed E-state index contributed by atoms with van der Waals surface area (Å²) in [5, 5.41) is 3.54. The van der Waals surface area contributed by atoms with Gasteiger partial charge in [-0.25, -0.2) is 0 Å². The lowest BCUT2D eigenvalue weighted by atomic mass is 9.97. The molecule has 0 saturated heterocycles. The van der Waals surface area contributed by atoms with Crippen LogP contribution < -0.4 is 5.32 Å². The number of nitrogens with zero attached hydrogens (tertiary/aromatic N) is 1. The molecule has 1 aromatic heterocycles. The van der Waals surface area contributed by atoms with Crippen LogP contribution in [0.4, 0.5) is 0 Å². The van der Waals surface area contributed by atoms with Gasteiger partial charge in [-0.05, 0) is 43.0 Å². The van der Waals surface area contributed by atoms with E-state index in [1.807, 2.05) is 12.4 Å². The van der Waals surface area contributed by atoms with Crippen molar-refractivity contribution in [3.63, 3.8) is 0 Å². The van der Waals surface area contributed by atoms with Crippen molar-refractivity contribution in [3.8, 4) is 0 Å². The van der Waals surface area contributed by atoms with Crippen LogP contribution in [0.15, 0.2) is 24.5 Å². The molecule has 0 bridgehead atoms. The molecule has 0 radical (unpaired) electrons. The number of pyridine rings is 1. The third kappa shape index (κ3) is 4.43. The minimum absolute atomic E-state index is 0.628. The third-order valence-electron chi connectivity index (χ3n) is 2.76. The topological polar surface area (TPSA) is 24.9 Å². The van der Waals surface area contributed by atoms with Gasteiger partial charge in [-0.2, -0.15) is 0 Å². The number of aromatic nitrogens is 1. The highest BCUT2D eigenvalue weighted by molar-refractivity contribution is 5.09. The van der Waals surface area contributed by atoms with E-state index in [9.17, 15) is 0 Å². The summed E-state index contributed by atoms with van der Waals surface area (Å²) in [7, 11) is 0. The molecule has 1 heterocycles. The van der Waals surface area contributed by atoms with Gasteiger partial charge < -0.3 is 5.32 Å². The van der Waals surface area contributed by atoms with Gasteiger partial charge in [0.15, 0.2) is 0 Å². The molecule has 15 heavy (non-hydrogen) atoms. The van der Waals surface area contributed by atoms with Crippen LogP contribution in [0, 0.1) is 5.92 Å². The highest BCUT2D eigenvalue weighted by Crippen LogP contribution is 2.10. The first-order valence-electron chi connectivity index (χ1n) is 5.86. The van der Waals surface area contributed by atoms with Gasteiger partial charge in [0.05, 0.1) is 0 Å². The molecule has 1 N–H and O–H groups in total. The Bertz CT molecular complexity index is 256. The van der Waals surface area contributed by atoms with Gasteiger partial charge in [-0.3, -0.25) is 4.98 Å². The van der Waals surface area contributed by atoms with E-state index in [2.05, 4.69) is 43.2 Å². The molecule has 0 aliphatic rings. The Morgan fingerprint density at radius 3 is 2.47 bits per heavy atom. The van der Waals surface area contributed by atoms with Gasteiger partial charge in [0.2, 0.25) is 0 Å². The largest absolute Gasteiger partial charge is 0.314 e. The molecule has 1 aromatic rings. The summed E-state index contributed by atoms with van der Waals surface area (Å²) in [6, 6.07) is 4.83. The van der Waals surface area contributed by atoms with Gasteiger partial charge in [-0.15, -0.1) is 0 Å². The van der Waals surface area contributed by atoms with Gasteiger partial charge in [0, 0.05) is 18.4 Å². The number of hydrogen-bond acceptors (Lipinski definition) is 2. The van der Waals surface area contributed by atoms with Crippen LogP contribution >= 0.6 is 0 Å². The van der Waals surface area contributed by atoms with Crippen LogP contribution in [-0.2, 0) is 6.42 Å². The highest BCUT2D eigenvalue weighted by Gasteiger charge is 2.11. The fourth-order valence-corrected chi connectivity index (χ4v) is 1.80. The molecule has 84 valence electrons. The molecule has 0 amide bonds. The summed E-state index contributed by atoms with van der Waals surface area (Å²) >= 11 is 0. The zero-order valence-corrected chi connectivity index (χ0v) is 10.0. The predicted molar refractivity (Wildman–Crippen MR) is 64.9 cm³/mol. The van der Waals surface area contributed by atoms with E-state index in [1.54, 1.807) is 0 Å². The van der Waals surface area contributed by atoms with Crippen molar-refractivity contribution < 1.29 is 0 Å². The van der Waals surface area contributed by atoms with E-state index in [0.29, 0.717) is 12.0 Å². The normalized spacial score (nSPS) is 13.1. The van der Waals surface area contributed by atoms with Gasteiger partial charge in [0.25, 0.3) is 0 Å². The van der Waals surface area contributed by atoms with Gasteiger partial charge in [-0.1, -0.05) is 20.8 Å². The van der Waals surface area contributed by atoms with Crippen LogP contribution in [0.1, 0.15) is 32.8 Å². The number of rotatable bonds is 6. The number of hydrogen-bond donors (Lipinski definition) is 1. The monoisotopic (exact) mass is 206 g/mol. The van der Waals surface area contributed by atoms with E-state index < -0.39 is 0 Å². The van der Waals surface area contributed by atoms with Crippen LogP contribution in [0.3, 0.4) is 0 Å². The Balaban J connectivity index is 2.40. The van der Waals surface area contributed by atoms with E-state index >= 15 is 0 Å². The first kappa shape index (κ1) is 12.2. The van der Waals surface area contributed by atoms with Crippen molar-refractivity contribution in [2.75, 3.05) is 6.54 Å². The van der Waals surface area contributed by atoms with Crippen molar-refractivity contribution in [2.45, 2.75) is 39.7 Å². The standard InChI is InChI=1S/C13H22N2/c1-4-15-13(11(2)3)6-5-12-7-9-14-10-8-12/h7-11,13,15H,4-6H2,1-3H3. The zero-order valence-electron chi connectivity index (χ0n) is 10.0. The molecule has 2 nitrogen and oxygen atoms in total. The van der Waals surface area contributed by atoms with Gasteiger partial charge >= 0.3 is 0 Å². The summed E-state index contributed by atoms with van der Waals surface area (Å²) in [6.07, 6.45) is 6.08. The molecule has 1 rings (SSSR count). The molecule has 0 spiro atoms. The van der Waals surface area contributed by atoms with Crippen molar-refractivity contribution >= 4 is 0 Å². The van der Waals surface area contributed by atoms with E-state index in [4.69, 9.17) is 0 Å².